The van der Waals surface area contributed by atoms with Gasteiger partial charge in [0.15, 0.2) is 17.0 Å². The van der Waals surface area contributed by atoms with Crippen molar-refractivity contribution in [1.29, 1.82) is 0 Å². The number of benzene rings is 2. The molecule has 1 N–H and O–H groups in total. The second-order valence-corrected chi connectivity index (χ2v) is 9.20. The molecule has 2 aliphatic heterocycles. The third-order valence-electron chi connectivity index (χ3n) is 7.03. The number of aromatic nitrogens is 4. The quantitative estimate of drug-likeness (QED) is 0.461. The standard InChI is InChI=1S/C27H31N7O/c1-3-7-21(8-4-1)19-28-25-24-26(34(20-29-24)23-9-5-2-6-10-23)31-27(30-25)33-13-11-22(12-14-33)32-15-17-35-18-16-32/h1-10,20,22H,11-19H2,(H,28,30,31). The second kappa shape index (κ2) is 10.0. The van der Waals surface area contributed by atoms with Crippen molar-refractivity contribution in [2.24, 2.45) is 0 Å². The van der Waals surface area contributed by atoms with Gasteiger partial charge in [0, 0.05) is 44.5 Å². The van der Waals surface area contributed by atoms with Crippen molar-refractivity contribution < 1.29 is 4.74 Å². The molecule has 8 heteroatoms. The fraction of sp³-hybridized carbons (Fsp3) is 0.370. The summed E-state index contributed by atoms with van der Waals surface area (Å²) in [6.45, 7) is 6.35. The Hall–Kier alpha value is -3.49. The van der Waals surface area contributed by atoms with Crippen LogP contribution in [0, 0.1) is 0 Å². The van der Waals surface area contributed by atoms with E-state index >= 15 is 0 Å². The SMILES string of the molecule is c1ccc(CNc2nc(N3CCC(N4CCOCC4)CC3)nc3c2ncn3-c2ccccc2)cc1. The molecule has 180 valence electrons. The number of ether oxygens (including phenoxy) is 1. The largest absolute Gasteiger partial charge is 0.379 e. The van der Waals surface area contributed by atoms with E-state index in [1.165, 1.54) is 5.56 Å². The molecule has 2 saturated heterocycles. The molecule has 2 aliphatic rings. The lowest BCUT2D eigenvalue weighted by Gasteiger charge is -2.40. The summed E-state index contributed by atoms with van der Waals surface area (Å²) in [5, 5.41) is 3.53. The van der Waals surface area contributed by atoms with Crippen LogP contribution in [0.15, 0.2) is 67.0 Å². The normalized spacial score (nSPS) is 17.7. The Morgan fingerprint density at radius 3 is 2.31 bits per heavy atom. The van der Waals surface area contributed by atoms with Gasteiger partial charge < -0.3 is 15.0 Å². The number of imidazole rings is 1. The van der Waals surface area contributed by atoms with E-state index < -0.39 is 0 Å². The Kier molecular flexibility index (Phi) is 6.30. The molecule has 2 fully saturated rings. The summed E-state index contributed by atoms with van der Waals surface area (Å²) in [6.07, 6.45) is 4.08. The monoisotopic (exact) mass is 469 g/mol. The van der Waals surface area contributed by atoms with Gasteiger partial charge in [-0.25, -0.2) is 4.98 Å². The molecule has 8 nitrogen and oxygen atoms in total. The molecule has 0 bridgehead atoms. The van der Waals surface area contributed by atoms with Crippen LogP contribution in [0.5, 0.6) is 0 Å². The molecule has 0 amide bonds. The van der Waals surface area contributed by atoms with Crippen molar-refractivity contribution in [2.75, 3.05) is 49.6 Å². The number of hydrogen-bond donors (Lipinski definition) is 1. The van der Waals surface area contributed by atoms with Crippen LogP contribution in [-0.2, 0) is 11.3 Å². The molecule has 0 radical (unpaired) electrons. The molecule has 35 heavy (non-hydrogen) atoms. The van der Waals surface area contributed by atoms with Gasteiger partial charge in [0.2, 0.25) is 5.95 Å². The van der Waals surface area contributed by atoms with E-state index in [4.69, 9.17) is 19.7 Å². The minimum absolute atomic E-state index is 0.615. The van der Waals surface area contributed by atoms with Gasteiger partial charge in [-0.05, 0) is 30.5 Å². The lowest BCUT2D eigenvalue weighted by molar-refractivity contribution is 0.0114. The van der Waals surface area contributed by atoms with Crippen molar-refractivity contribution in [3.63, 3.8) is 0 Å². The first-order valence-corrected chi connectivity index (χ1v) is 12.5. The molecular formula is C27H31N7O. The number of nitrogens with zero attached hydrogens (tertiary/aromatic N) is 6. The molecule has 4 aromatic rings. The summed E-state index contributed by atoms with van der Waals surface area (Å²) >= 11 is 0. The van der Waals surface area contributed by atoms with E-state index in [9.17, 15) is 0 Å². The molecule has 0 atom stereocenters. The number of nitrogens with one attached hydrogen (secondary N) is 1. The van der Waals surface area contributed by atoms with Gasteiger partial charge in [-0.15, -0.1) is 0 Å². The van der Waals surface area contributed by atoms with E-state index in [1.54, 1.807) is 0 Å². The minimum atomic E-state index is 0.615. The zero-order chi connectivity index (χ0) is 23.5. The first kappa shape index (κ1) is 22.0. The highest BCUT2D eigenvalue weighted by molar-refractivity contribution is 5.85. The highest BCUT2D eigenvalue weighted by Crippen LogP contribution is 2.27. The molecule has 2 aromatic carbocycles. The fourth-order valence-electron chi connectivity index (χ4n) is 5.09. The topological polar surface area (TPSA) is 71.3 Å². The number of hydrogen-bond acceptors (Lipinski definition) is 7. The number of morpholine rings is 1. The minimum Gasteiger partial charge on any atom is -0.379 e. The van der Waals surface area contributed by atoms with Crippen LogP contribution in [-0.4, -0.2) is 69.9 Å². The third-order valence-corrected chi connectivity index (χ3v) is 7.03. The molecule has 0 spiro atoms. The molecule has 0 aliphatic carbocycles. The average molecular weight is 470 g/mol. The van der Waals surface area contributed by atoms with Crippen LogP contribution in [0.3, 0.4) is 0 Å². The third kappa shape index (κ3) is 4.72. The Labute approximate surface area is 205 Å². The van der Waals surface area contributed by atoms with Gasteiger partial charge in [0.1, 0.15) is 6.33 Å². The molecule has 2 aromatic heterocycles. The summed E-state index contributed by atoms with van der Waals surface area (Å²) < 4.78 is 7.59. The maximum atomic E-state index is 5.54. The van der Waals surface area contributed by atoms with Gasteiger partial charge in [-0.2, -0.15) is 9.97 Å². The highest BCUT2D eigenvalue weighted by atomic mass is 16.5. The van der Waals surface area contributed by atoms with Gasteiger partial charge in [0.25, 0.3) is 0 Å². The van der Waals surface area contributed by atoms with Gasteiger partial charge >= 0.3 is 0 Å². The van der Waals surface area contributed by atoms with Gasteiger partial charge in [0.05, 0.1) is 13.2 Å². The van der Waals surface area contributed by atoms with Crippen molar-refractivity contribution in [3.8, 4) is 5.69 Å². The number of rotatable bonds is 6. The predicted octanol–water partition coefficient (Wildman–Crippen LogP) is 3.73. The van der Waals surface area contributed by atoms with Gasteiger partial charge in [-0.3, -0.25) is 9.47 Å². The van der Waals surface area contributed by atoms with Crippen LogP contribution in [0.4, 0.5) is 11.8 Å². The molecule has 0 unspecified atom stereocenters. The van der Waals surface area contributed by atoms with Crippen LogP contribution < -0.4 is 10.2 Å². The summed E-state index contributed by atoms with van der Waals surface area (Å²) in [5.41, 5.74) is 3.86. The number of piperidine rings is 1. The molecule has 4 heterocycles. The lowest BCUT2D eigenvalue weighted by atomic mass is 10.0. The van der Waals surface area contributed by atoms with E-state index in [0.717, 1.165) is 80.9 Å². The summed E-state index contributed by atoms with van der Waals surface area (Å²) in [4.78, 5) is 19.6. The van der Waals surface area contributed by atoms with Gasteiger partial charge in [-0.1, -0.05) is 48.5 Å². The molecule has 6 rings (SSSR count). The predicted molar refractivity (Wildman–Crippen MR) is 138 cm³/mol. The van der Waals surface area contributed by atoms with Crippen LogP contribution >= 0.6 is 0 Å². The molecular weight excluding hydrogens is 438 g/mol. The van der Waals surface area contributed by atoms with Crippen molar-refractivity contribution in [1.82, 2.24) is 24.4 Å². The first-order chi connectivity index (χ1) is 17.3. The maximum Gasteiger partial charge on any atom is 0.229 e. The van der Waals surface area contributed by atoms with E-state index in [2.05, 4.69) is 56.1 Å². The first-order valence-electron chi connectivity index (χ1n) is 12.5. The van der Waals surface area contributed by atoms with E-state index in [0.29, 0.717) is 12.6 Å². The van der Waals surface area contributed by atoms with Crippen LogP contribution in [0.25, 0.3) is 16.9 Å². The number of anilines is 2. The average Bonchev–Trinajstić information content (AvgIpc) is 3.38. The zero-order valence-corrected chi connectivity index (χ0v) is 19.9. The number of fused-ring (bicyclic) bond motifs is 1. The summed E-state index contributed by atoms with van der Waals surface area (Å²) in [6, 6.07) is 21.2. The van der Waals surface area contributed by atoms with Crippen molar-refractivity contribution >= 4 is 22.9 Å². The van der Waals surface area contributed by atoms with Crippen molar-refractivity contribution in [3.05, 3.63) is 72.6 Å². The van der Waals surface area contributed by atoms with E-state index in [1.807, 2.05) is 30.6 Å². The van der Waals surface area contributed by atoms with Crippen molar-refractivity contribution in [2.45, 2.75) is 25.4 Å². The second-order valence-electron chi connectivity index (χ2n) is 9.20. The maximum absolute atomic E-state index is 5.54. The Bertz CT molecular complexity index is 1250. The molecule has 0 saturated carbocycles. The zero-order valence-electron chi connectivity index (χ0n) is 19.9. The highest BCUT2D eigenvalue weighted by Gasteiger charge is 2.28. The van der Waals surface area contributed by atoms with Crippen LogP contribution in [0.2, 0.25) is 0 Å². The van der Waals surface area contributed by atoms with Crippen LogP contribution in [0.1, 0.15) is 18.4 Å². The van der Waals surface area contributed by atoms with E-state index in [-0.39, 0.29) is 0 Å². The number of para-hydroxylation sites is 1. The smallest absolute Gasteiger partial charge is 0.229 e. The summed E-state index contributed by atoms with van der Waals surface area (Å²) in [5.74, 6) is 1.55. The summed E-state index contributed by atoms with van der Waals surface area (Å²) in [7, 11) is 0. The Balaban J connectivity index is 1.30. The Morgan fingerprint density at radius 2 is 1.57 bits per heavy atom. The fourth-order valence-corrected chi connectivity index (χ4v) is 5.09. The Morgan fingerprint density at radius 1 is 0.857 bits per heavy atom. The lowest BCUT2D eigenvalue weighted by Crippen LogP contribution is -2.49.